The van der Waals surface area contributed by atoms with E-state index in [4.69, 9.17) is 4.74 Å². The van der Waals surface area contributed by atoms with Gasteiger partial charge in [-0.05, 0) is 55.2 Å². The Labute approximate surface area is 230 Å². The molecule has 3 rings (SSSR count). The van der Waals surface area contributed by atoms with Gasteiger partial charge in [-0.1, -0.05) is 80.9 Å². The topological polar surface area (TPSA) is 108 Å². The van der Waals surface area contributed by atoms with E-state index in [1.165, 1.54) is 4.90 Å². The summed E-state index contributed by atoms with van der Waals surface area (Å²) in [6, 6.07) is 20.3. The number of carbonyl (C=O) groups is 3. The molecule has 0 radical (unpaired) electrons. The monoisotopic (exact) mass is 533 g/mol. The zero-order valence-corrected chi connectivity index (χ0v) is 23.3. The lowest BCUT2D eigenvalue weighted by molar-refractivity contribution is -0.142. The van der Waals surface area contributed by atoms with Gasteiger partial charge in [-0.2, -0.15) is 0 Å². The highest BCUT2D eigenvalue weighted by atomic mass is 16.6. The van der Waals surface area contributed by atoms with Gasteiger partial charge < -0.3 is 25.4 Å². The molecular weight excluding hydrogens is 494 g/mol. The first-order valence-corrected chi connectivity index (χ1v) is 13.3. The van der Waals surface area contributed by atoms with Crippen LogP contribution in [-0.2, 0) is 14.3 Å². The van der Waals surface area contributed by atoms with Gasteiger partial charge in [0.05, 0.1) is 6.61 Å². The van der Waals surface area contributed by atoms with E-state index in [1.807, 2.05) is 62.4 Å². The van der Waals surface area contributed by atoms with Crippen LogP contribution in [0, 0.1) is 5.92 Å². The highest BCUT2D eigenvalue weighted by Gasteiger charge is 2.38. The van der Waals surface area contributed by atoms with Crippen LogP contribution in [0.5, 0.6) is 0 Å². The van der Waals surface area contributed by atoms with Crippen LogP contribution in [0.4, 0.5) is 10.5 Å². The molecule has 0 bridgehead atoms. The zero-order valence-electron chi connectivity index (χ0n) is 23.3. The minimum atomic E-state index is -1.05. The Morgan fingerprint density at radius 1 is 0.949 bits per heavy atom. The average Bonchev–Trinajstić information content (AvgIpc) is 2.90. The number of fused-ring (bicyclic) bond motifs is 1. The third-order valence-corrected chi connectivity index (χ3v) is 6.47. The molecule has 0 heterocycles. The summed E-state index contributed by atoms with van der Waals surface area (Å²) in [5, 5.41) is 17.6. The maximum Gasteiger partial charge on any atom is 0.408 e. The number of aliphatic hydroxyl groups is 1. The van der Waals surface area contributed by atoms with Crippen molar-refractivity contribution in [2.24, 2.45) is 5.92 Å². The largest absolute Gasteiger partial charge is 0.444 e. The van der Waals surface area contributed by atoms with Gasteiger partial charge in [0.2, 0.25) is 5.91 Å². The van der Waals surface area contributed by atoms with Gasteiger partial charge in [-0.15, -0.1) is 0 Å². The molecule has 0 fully saturated rings. The van der Waals surface area contributed by atoms with Crippen LogP contribution < -0.4 is 10.6 Å². The second-order valence-corrected chi connectivity index (χ2v) is 10.6. The van der Waals surface area contributed by atoms with Crippen LogP contribution in [0.2, 0.25) is 0 Å². The summed E-state index contributed by atoms with van der Waals surface area (Å²) < 4.78 is 5.41. The third-order valence-electron chi connectivity index (χ3n) is 6.47. The van der Waals surface area contributed by atoms with Gasteiger partial charge >= 0.3 is 6.09 Å². The molecule has 3 aromatic rings. The number of amides is 3. The SMILES string of the molecule is CCC(C)C(NC(=O)OC(C)(C)C)C(=O)N(CCO)C(C(=O)Nc1ccc2ccccc2c1)c1ccccc1. The minimum absolute atomic E-state index is 0.105. The second kappa shape index (κ2) is 13.2. The van der Waals surface area contributed by atoms with E-state index in [0.29, 0.717) is 17.7 Å². The summed E-state index contributed by atoms with van der Waals surface area (Å²) in [6.45, 7) is 8.53. The Morgan fingerprint density at radius 3 is 2.21 bits per heavy atom. The quantitative estimate of drug-likeness (QED) is 0.329. The van der Waals surface area contributed by atoms with E-state index in [-0.39, 0.29) is 19.1 Å². The number of aliphatic hydroxyl groups excluding tert-OH is 1. The summed E-state index contributed by atoms with van der Waals surface area (Å²) in [5.74, 6) is -1.17. The number of anilines is 1. The van der Waals surface area contributed by atoms with Crippen molar-refractivity contribution >= 4 is 34.4 Å². The van der Waals surface area contributed by atoms with Gasteiger partial charge in [0.1, 0.15) is 17.7 Å². The Kier molecular flexibility index (Phi) is 10.1. The first-order chi connectivity index (χ1) is 18.5. The van der Waals surface area contributed by atoms with Gasteiger partial charge in [0.25, 0.3) is 5.91 Å². The molecule has 3 unspecified atom stereocenters. The second-order valence-electron chi connectivity index (χ2n) is 10.6. The molecule has 0 saturated heterocycles. The Bertz CT molecular complexity index is 1270. The molecule has 3 aromatic carbocycles. The Hall–Kier alpha value is -3.91. The minimum Gasteiger partial charge on any atom is -0.444 e. The number of hydrogen-bond donors (Lipinski definition) is 3. The highest BCUT2D eigenvalue weighted by Crippen LogP contribution is 2.27. The molecule has 0 aliphatic rings. The summed E-state index contributed by atoms with van der Waals surface area (Å²) >= 11 is 0. The summed E-state index contributed by atoms with van der Waals surface area (Å²) in [6.07, 6.45) is -0.125. The molecular formula is C31H39N3O5. The van der Waals surface area contributed by atoms with Crippen molar-refractivity contribution in [3.8, 4) is 0 Å². The summed E-state index contributed by atoms with van der Waals surface area (Å²) in [7, 11) is 0. The van der Waals surface area contributed by atoms with E-state index in [9.17, 15) is 19.5 Å². The van der Waals surface area contributed by atoms with Crippen LogP contribution in [0.15, 0.2) is 72.8 Å². The summed E-state index contributed by atoms with van der Waals surface area (Å²) in [4.78, 5) is 41.9. The first-order valence-electron chi connectivity index (χ1n) is 13.3. The molecule has 3 N–H and O–H groups in total. The number of carbonyl (C=O) groups excluding carboxylic acids is 3. The fraction of sp³-hybridized carbons (Fsp3) is 0.387. The molecule has 39 heavy (non-hydrogen) atoms. The van der Waals surface area contributed by atoms with Crippen LogP contribution >= 0.6 is 0 Å². The number of ether oxygens (including phenoxy) is 1. The smallest absolute Gasteiger partial charge is 0.408 e. The molecule has 0 spiro atoms. The number of nitrogens with zero attached hydrogens (tertiary/aromatic N) is 1. The number of benzene rings is 3. The normalized spacial score (nSPS) is 13.7. The van der Waals surface area contributed by atoms with Crippen molar-refractivity contribution in [3.05, 3.63) is 78.4 Å². The van der Waals surface area contributed by atoms with Gasteiger partial charge in [0, 0.05) is 12.2 Å². The predicted molar refractivity (Wildman–Crippen MR) is 153 cm³/mol. The number of hydrogen-bond acceptors (Lipinski definition) is 5. The number of nitrogens with one attached hydrogen (secondary N) is 2. The van der Waals surface area contributed by atoms with Crippen molar-refractivity contribution in [2.75, 3.05) is 18.5 Å². The van der Waals surface area contributed by atoms with E-state index in [2.05, 4.69) is 10.6 Å². The van der Waals surface area contributed by atoms with Gasteiger partial charge in [-0.25, -0.2) is 4.79 Å². The number of rotatable bonds is 10. The molecule has 0 aromatic heterocycles. The fourth-order valence-electron chi connectivity index (χ4n) is 4.36. The van der Waals surface area contributed by atoms with Crippen molar-refractivity contribution in [2.45, 2.75) is 58.7 Å². The van der Waals surface area contributed by atoms with E-state index >= 15 is 0 Å². The Balaban J connectivity index is 1.98. The van der Waals surface area contributed by atoms with Crippen molar-refractivity contribution < 1.29 is 24.2 Å². The van der Waals surface area contributed by atoms with Gasteiger partial charge in [-0.3, -0.25) is 9.59 Å². The molecule has 3 atom stereocenters. The molecule has 0 saturated carbocycles. The maximum absolute atomic E-state index is 14.0. The fourth-order valence-corrected chi connectivity index (χ4v) is 4.36. The number of alkyl carbamates (subject to hydrolysis) is 1. The van der Waals surface area contributed by atoms with Crippen LogP contribution in [0.1, 0.15) is 52.6 Å². The highest BCUT2D eigenvalue weighted by molar-refractivity contribution is 6.00. The van der Waals surface area contributed by atoms with E-state index < -0.39 is 35.6 Å². The van der Waals surface area contributed by atoms with Crippen LogP contribution in [0.3, 0.4) is 0 Å². The van der Waals surface area contributed by atoms with E-state index in [1.54, 1.807) is 45.0 Å². The molecule has 0 aliphatic carbocycles. The van der Waals surface area contributed by atoms with Crippen LogP contribution in [-0.4, -0.2) is 52.7 Å². The molecule has 3 amide bonds. The third kappa shape index (κ3) is 8.04. The summed E-state index contributed by atoms with van der Waals surface area (Å²) in [5.41, 5.74) is 0.420. The lowest BCUT2D eigenvalue weighted by Crippen LogP contribution is -2.55. The lowest BCUT2D eigenvalue weighted by Gasteiger charge is -2.35. The molecule has 8 heteroatoms. The van der Waals surface area contributed by atoms with Crippen LogP contribution in [0.25, 0.3) is 10.8 Å². The predicted octanol–water partition coefficient (Wildman–Crippen LogP) is 5.28. The Morgan fingerprint density at radius 2 is 1.59 bits per heavy atom. The lowest BCUT2D eigenvalue weighted by atomic mass is 9.95. The molecule has 0 aliphatic heterocycles. The maximum atomic E-state index is 14.0. The van der Waals surface area contributed by atoms with Gasteiger partial charge in [0.15, 0.2) is 0 Å². The van der Waals surface area contributed by atoms with E-state index in [0.717, 1.165) is 10.8 Å². The van der Waals surface area contributed by atoms with Crippen molar-refractivity contribution in [1.29, 1.82) is 0 Å². The zero-order chi connectivity index (χ0) is 28.6. The molecule has 208 valence electrons. The molecule has 8 nitrogen and oxygen atoms in total. The van der Waals surface area contributed by atoms with Crippen molar-refractivity contribution in [3.63, 3.8) is 0 Å². The first kappa shape index (κ1) is 29.6. The van der Waals surface area contributed by atoms with Crippen molar-refractivity contribution in [1.82, 2.24) is 10.2 Å². The average molecular weight is 534 g/mol. The standard InChI is InChI=1S/C31H39N3O5/c1-6-21(2)26(33-30(38)39-31(3,4)5)29(37)34(18-19-35)27(23-13-8-7-9-14-23)28(36)32-25-17-16-22-12-10-11-15-24(22)20-25/h7-17,20-21,26-27,35H,6,18-19H2,1-5H3,(H,32,36)(H,33,38).